The number of carboxylic acid groups (broad SMARTS) is 1. The van der Waals surface area contributed by atoms with E-state index >= 15 is 0 Å². The average Bonchev–Trinajstić information content (AvgIpc) is 2.10. The molecule has 0 rings (SSSR count). The van der Waals surface area contributed by atoms with Crippen LogP contribution in [0.4, 0.5) is 0 Å². The molecule has 0 heterocycles. The van der Waals surface area contributed by atoms with Gasteiger partial charge in [0.25, 0.3) is 0 Å². The number of carboxylic acids is 1. The number of hydrogen-bond donors (Lipinski definition) is 2. The van der Waals surface area contributed by atoms with Gasteiger partial charge in [-0.15, -0.1) is 0 Å². The highest BCUT2D eigenvalue weighted by atomic mass is 16.4. The van der Waals surface area contributed by atoms with Crippen LogP contribution >= 0.6 is 0 Å². The molecule has 0 saturated carbocycles. The maximum atomic E-state index is 10.7. The van der Waals surface area contributed by atoms with Gasteiger partial charge in [0.2, 0.25) is 0 Å². The van der Waals surface area contributed by atoms with Crippen molar-refractivity contribution in [2.45, 2.75) is 52.0 Å². The van der Waals surface area contributed by atoms with E-state index in [4.69, 9.17) is 5.11 Å². The van der Waals surface area contributed by atoms with Crippen LogP contribution in [0.2, 0.25) is 0 Å². The van der Waals surface area contributed by atoms with Crippen molar-refractivity contribution in [2.24, 2.45) is 0 Å². The Morgan fingerprint density at radius 1 is 1.31 bits per heavy atom. The molecule has 0 aromatic heterocycles. The Balaban J connectivity index is 3.61. The molecule has 3 nitrogen and oxygen atoms in total. The third kappa shape index (κ3) is 6.58. The lowest BCUT2D eigenvalue weighted by Crippen LogP contribution is -2.36. The molecule has 0 aliphatic heterocycles. The van der Waals surface area contributed by atoms with Crippen LogP contribution in [0.25, 0.3) is 0 Å². The van der Waals surface area contributed by atoms with Crippen molar-refractivity contribution in [3.63, 3.8) is 0 Å². The summed E-state index contributed by atoms with van der Waals surface area (Å²) in [5.74, 6) is -0.718. The standard InChI is InChI=1S/C10H21NO2/c1-3-5-6-7-9(10(12)13)11-8-4-2/h9,11H,3-8H2,1-2H3,(H,12,13). The van der Waals surface area contributed by atoms with Crippen LogP contribution in [0.1, 0.15) is 46.0 Å². The normalized spacial score (nSPS) is 12.8. The summed E-state index contributed by atoms with van der Waals surface area (Å²) in [5.41, 5.74) is 0. The molecule has 0 amide bonds. The smallest absolute Gasteiger partial charge is 0.320 e. The fraction of sp³-hybridized carbons (Fsp3) is 0.900. The molecule has 1 unspecified atom stereocenters. The molecule has 0 spiro atoms. The average molecular weight is 187 g/mol. The van der Waals surface area contributed by atoms with Crippen LogP contribution in [0.5, 0.6) is 0 Å². The lowest BCUT2D eigenvalue weighted by Gasteiger charge is -2.12. The quantitative estimate of drug-likeness (QED) is 0.571. The van der Waals surface area contributed by atoms with Crippen LogP contribution in [0.15, 0.2) is 0 Å². The van der Waals surface area contributed by atoms with E-state index in [1.807, 2.05) is 6.92 Å². The predicted octanol–water partition coefficient (Wildman–Crippen LogP) is 2.02. The van der Waals surface area contributed by atoms with Crippen molar-refractivity contribution in [1.82, 2.24) is 5.32 Å². The summed E-state index contributed by atoms with van der Waals surface area (Å²) in [7, 11) is 0. The molecule has 0 aliphatic rings. The molecule has 78 valence electrons. The van der Waals surface area contributed by atoms with Gasteiger partial charge in [-0.25, -0.2) is 0 Å². The minimum Gasteiger partial charge on any atom is -0.480 e. The predicted molar refractivity (Wildman–Crippen MR) is 53.9 cm³/mol. The van der Waals surface area contributed by atoms with E-state index in [0.29, 0.717) is 0 Å². The SMILES string of the molecule is CCCCCC(NCCC)C(=O)O. The van der Waals surface area contributed by atoms with Crippen molar-refractivity contribution < 1.29 is 9.90 Å². The third-order valence-corrected chi connectivity index (χ3v) is 2.04. The lowest BCUT2D eigenvalue weighted by molar-refractivity contribution is -0.139. The maximum absolute atomic E-state index is 10.7. The molecule has 0 aromatic carbocycles. The van der Waals surface area contributed by atoms with Crippen molar-refractivity contribution in [1.29, 1.82) is 0 Å². The second kappa shape index (κ2) is 8.05. The molecule has 0 aliphatic carbocycles. The van der Waals surface area contributed by atoms with Gasteiger partial charge in [-0.2, -0.15) is 0 Å². The van der Waals surface area contributed by atoms with Gasteiger partial charge < -0.3 is 10.4 Å². The molecule has 3 heteroatoms. The lowest BCUT2D eigenvalue weighted by atomic mass is 10.1. The Hall–Kier alpha value is -0.570. The Kier molecular flexibility index (Phi) is 7.69. The van der Waals surface area contributed by atoms with Crippen LogP contribution in [-0.4, -0.2) is 23.7 Å². The minimum absolute atomic E-state index is 0.341. The zero-order chi connectivity index (χ0) is 10.1. The summed E-state index contributed by atoms with van der Waals surface area (Å²) in [5, 5.41) is 11.9. The number of hydrogen-bond acceptors (Lipinski definition) is 2. The van der Waals surface area contributed by atoms with Crippen LogP contribution < -0.4 is 5.32 Å². The van der Waals surface area contributed by atoms with Crippen molar-refractivity contribution in [2.75, 3.05) is 6.54 Å². The fourth-order valence-electron chi connectivity index (χ4n) is 1.23. The second-order valence-corrected chi connectivity index (χ2v) is 3.34. The first-order valence-corrected chi connectivity index (χ1v) is 5.18. The van der Waals surface area contributed by atoms with Gasteiger partial charge in [0, 0.05) is 0 Å². The van der Waals surface area contributed by atoms with E-state index in [0.717, 1.165) is 38.6 Å². The highest BCUT2D eigenvalue weighted by molar-refractivity contribution is 5.73. The van der Waals surface area contributed by atoms with Crippen LogP contribution in [-0.2, 0) is 4.79 Å². The van der Waals surface area contributed by atoms with E-state index in [1.54, 1.807) is 0 Å². The summed E-state index contributed by atoms with van der Waals surface area (Å²) < 4.78 is 0. The molecular formula is C10H21NO2. The summed E-state index contributed by atoms with van der Waals surface area (Å²) in [6.45, 7) is 4.95. The fourth-order valence-corrected chi connectivity index (χ4v) is 1.23. The molecule has 1 atom stereocenters. The van der Waals surface area contributed by atoms with Gasteiger partial charge in [-0.1, -0.05) is 33.1 Å². The Bertz CT molecular complexity index is 137. The monoisotopic (exact) mass is 187 g/mol. The molecule has 13 heavy (non-hydrogen) atoms. The van der Waals surface area contributed by atoms with Crippen molar-refractivity contribution >= 4 is 5.97 Å². The highest BCUT2D eigenvalue weighted by Crippen LogP contribution is 2.03. The molecule has 0 saturated heterocycles. The topological polar surface area (TPSA) is 49.3 Å². The number of unbranched alkanes of at least 4 members (excludes halogenated alkanes) is 2. The summed E-state index contributed by atoms with van der Waals surface area (Å²) in [6.07, 6.45) is 5.00. The Morgan fingerprint density at radius 3 is 2.46 bits per heavy atom. The van der Waals surface area contributed by atoms with Gasteiger partial charge >= 0.3 is 5.97 Å². The Morgan fingerprint density at radius 2 is 2.00 bits per heavy atom. The molecule has 0 fully saturated rings. The number of carbonyl (C=O) groups is 1. The van der Waals surface area contributed by atoms with E-state index in [9.17, 15) is 4.79 Å². The van der Waals surface area contributed by atoms with E-state index in [-0.39, 0.29) is 6.04 Å². The summed E-state index contributed by atoms with van der Waals surface area (Å²) in [6, 6.07) is -0.341. The van der Waals surface area contributed by atoms with Gasteiger partial charge in [0.05, 0.1) is 0 Å². The summed E-state index contributed by atoms with van der Waals surface area (Å²) >= 11 is 0. The first kappa shape index (κ1) is 12.4. The first-order chi connectivity index (χ1) is 6.22. The van der Waals surface area contributed by atoms with Crippen molar-refractivity contribution in [3.8, 4) is 0 Å². The van der Waals surface area contributed by atoms with E-state index in [2.05, 4.69) is 12.2 Å². The van der Waals surface area contributed by atoms with E-state index in [1.165, 1.54) is 0 Å². The van der Waals surface area contributed by atoms with Gasteiger partial charge in [-0.05, 0) is 19.4 Å². The Labute approximate surface area is 80.5 Å². The zero-order valence-electron chi connectivity index (χ0n) is 8.68. The van der Waals surface area contributed by atoms with E-state index < -0.39 is 5.97 Å². The third-order valence-electron chi connectivity index (χ3n) is 2.04. The molecule has 2 N–H and O–H groups in total. The number of nitrogens with one attached hydrogen (secondary N) is 1. The van der Waals surface area contributed by atoms with Gasteiger partial charge in [0.1, 0.15) is 6.04 Å². The number of rotatable bonds is 8. The van der Waals surface area contributed by atoms with Gasteiger partial charge in [-0.3, -0.25) is 4.79 Å². The van der Waals surface area contributed by atoms with Crippen LogP contribution in [0.3, 0.4) is 0 Å². The van der Waals surface area contributed by atoms with Crippen LogP contribution in [0, 0.1) is 0 Å². The number of aliphatic carboxylic acids is 1. The van der Waals surface area contributed by atoms with Crippen molar-refractivity contribution in [3.05, 3.63) is 0 Å². The first-order valence-electron chi connectivity index (χ1n) is 5.18. The maximum Gasteiger partial charge on any atom is 0.320 e. The highest BCUT2D eigenvalue weighted by Gasteiger charge is 2.14. The zero-order valence-corrected chi connectivity index (χ0v) is 8.68. The molecule has 0 aromatic rings. The molecule has 0 bridgehead atoms. The second-order valence-electron chi connectivity index (χ2n) is 3.34. The molecule has 0 radical (unpaired) electrons. The van der Waals surface area contributed by atoms with Gasteiger partial charge in [0.15, 0.2) is 0 Å². The minimum atomic E-state index is -0.718. The molecular weight excluding hydrogens is 166 g/mol. The largest absolute Gasteiger partial charge is 0.480 e. The summed E-state index contributed by atoms with van der Waals surface area (Å²) in [4.78, 5) is 10.7.